The van der Waals surface area contributed by atoms with Crippen LogP contribution in [0.1, 0.15) is 66.4 Å². The number of anilines is 2. The number of carbonyl (C=O) groups excluding carboxylic acids is 3. The summed E-state index contributed by atoms with van der Waals surface area (Å²) in [6, 6.07) is 14.8. The lowest BCUT2D eigenvalue weighted by Gasteiger charge is -2.37. The predicted octanol–water partition coefficient (Wildman–Crippen LogP) is 4.68. The average Bonchev–Trinajstić information content (AvgIpc) is 3.63. The molecular weight excluding hydrogens is 864 g/mol. The van der Waals surface area contributed by atoms with Gasteiger partial charge in [0.05, 0.1) is 12.0 Å². The number of rotatable bonds is 11. The molecule has 3 N–H and O–H groups in total. The number of piperidine rings is 1. The highest BCUT2D eigenvalue weighted by atomic mass is 19.1. The number of ether oxygens (including phenoxy) is 1. The van der Waals surface area contributed by atoms with Crippen molar-refractivity contribution < 1.29 is 28.6 Å². The Morgan fingerprint density at radius 1 is 0.897 bits per heavy atom. The molecule has 6 aliphatic heterocycles. The number of aromatic nitrogens is 3. The normalized spacial score (nSPS) is 24.8. The molecule has 12 rings (SSSR count). The Bertz CT molecular complexity index is 2920. The highest BCUT2D eigenvalue weighted by molar-refractivity contribution is 6.06. The minimum atomic E-state index is -0.615. The third-order valence-corrected chi connectivity index (χ3v) is 15.7. The number of benzene rings is 3. The summed E-state index contributed by atoms with van der Waals surface area (Å²) >= 11 is 0. The number of terminal acetylenes is 1. The lowest BCUT2D eigenvalue weighted by molar-refractivity contribution is -0.136. The first-order valence-electron chi connectivity index (χ1n) is 24.3. The molecule has 5 saturated heterocycles. The van der Waals surface area contributed by atoms with Gasteiger partial charge in [-0.2, -0.15) is 9.97 Å². The van der Waals surface area contributed by atoms with E-state index in [9.17, 15) is 19.5 Å². The molecule has 3 amide bonds. The first-order valence-corrected chi connectivity index (χ1v) is 24.3. The Hall–Kier alpha value is -6.41. The zero-order valence-corrected chi connectivity index (χ0v) is 38.1. The van der Waals surface area contributed by atoms with Crippen LogP contribution in [0.2, 0.25) is 0 Å². The van der Waals surface area contributed by atoms with Gasteiger partial charge in [-0.3, -0.25) is 29.6 Å². The molecule has 15 nitrogen and oxygen atoms in total. The first kappa shape index (κ1) is 42.9. The summed E-state index contributed by atoms with van der Waals surface area (Å²) in [7, 11) is 0. The maximum absolute atomic E-state index is 17.1. The molecule has 0 spiro atoms. The van der Waals surface area contributed by atoms with Crippen LogP contribution >= 0.6 is 0 Å². The molecule has 2 unspecified atom stereocenters. The van der Waals surface area contributed by atoms with Crippen molar-refractivity contribution in [3.05, 3.63) is 77.2 Å². The van der Waals surface area contributed by atoms with Gasteiger partial charge >= 0.3 is 6.01 Å². The monoisotopic (exact) mass is 918 g/mol. The number of pyridine rings is 1. The maximum atomic E-state index is 17.1. The van der Waals surface area contributed by atoms with Crippen LogP contribution in [-0.4, -0.2) is 143 Å². The molecule has 350 valence electrons. The quantitative estimate of drug-likeness (QED) is 0.124. The second-order valence-electron chi connectivity index (χ2n) is 20.3. The topological polar surface area (TPSA) is 160 Å². The van der Waals surface area contributed by atoms with Gasteiger partial charge in [0.2, 0.25) is 11.8 Å². The zero-order chi connectivity index (χ0) is 46.3. The van der Waals surface area contributed by atoms with Crippen LogP contribution in [-0.2, 0) is 16.1 Å². The van der Waals surface area contributed by atoms with Gasteiger partial charge in [-0.1, -0.05) is 18.1 Å². The molecule has 3 aromatic carbocycles. The van der Waals surface area contributed by atoms with E-state index in [1.165, 1.54) is 6.07 Å². The molecule has 2 bridgehead atoms. The smallest absolute Gasteiger partial charge is 0.319 e. The molecule has 6 fully saturated rings. The van der Waals surface area contributed by atoms with Gasteiger partial charge in [0.1, 0.15) is 28.8 Å². The number of aromatic hydroxyl groups is 1. The van der Waals surface area contributed by atoms with E-state index in [2.05, 4.69) is 47.2 Å². The number of hydrogen-bond donors (Lipinski definition) is 3. The fourth-order valence-corrected chi connectivity index (χ4v) is 11.9. The van der Waals surface area contributed by atoms with Crippen LogP contribution in [0.25, 0.3) is 32.9 Å². The molecule has 16 heteroatoms. The standard InChI is InChI=1S/C52H55FN10O5/c1-2-32-4-3-5-33-21-38(64)22-40(44(32)33)46-45(53)47-41(23-54-46)48(62-27-35-6-7-36(28-62)55-35)58-51(57-47)68-30-52(13-14-52)29-60-15-12-31(25-60)24-59-16-18-61(19-17-59)37-8-9-39-34(20-37)26-63(50(39)67)42-10-11-43(65)56-49(42)66/h1,3-5,8-9,20-23,31,35-36,42,55,64H,6-7,10-19,24-30H2,(H,56,65,66)/t31-,35?,36?,42+/m1/s1. The van der Waals surface area contributed by atoms with Gasteiger partial charge in [-0.05, 0) is 98.3 Å². The van der Waals surface area contributed by atoms with E-state index in [1.807, 2.05) is 24.3 Å². The van der Waals surface area contributed by atoms with E-state index in [0.717, 1.165) is 109 Å². The molecule has 1 aliphatic carbocycles. The van der Waals surface area contributed by atoms with Crippen molar-refractivity contribution in [2.45, 2.75) is 69.6 Å². The Kier molecular flexibility index (Phi) is 10.7. The number of piperazine rings is 2. The highest BCUT2D eigenvalue weighted by Crippen LogP contribution is 2.47. The van der Waals surface area contributed by atoms with E-state index in [0.29, 0.717) is 76.2 Å². The summed E-state index contributed by atoms with van der Waals surface area (Å²) in [6.07, 6.45) is 13.6. The largest absolute Gasteiger partial charge is 0.508 e. The number of hydrogen-bond acceptors (Lipinski definition) is 13. The van der Waals surface area contributed by atoms with E-state index >= 15 is 4.39 Å². The third kappa shape index (κ3) is 7.93. The molecule has 8 heterocycles. The molecule has 5 aromatic rings. The van der Waals surface area contributed by atoms with E-state index in [1.54, 1.807) is 23.2 Å². The number of nitrogens with one attached hydrogen (secondary N) is 2. The summed E-state index contributed by atoms with van der Waals surface area (Å²) in [6.45, 7) is 10.1. The van der Waals surface area contributed by atoms with Crippen molar-refractivity contribution in [3.8, 4) is 35.4 Å². The Morgan fingerprint density at radius 3 is 2.50 bits per heavy atom. The van der Waals surface area contributed by atoms with Gasteiger partial charge < -0.3 is 34.8 Å². The van der Waals surface area contributed by atoms with Crippen LogP contribution in [0, 0.1) is 29.5 Å². The van der Waals surface area contributed by atoms with Gasteiger partial charge in [-0.15, -0.1) is 6.42 Å². The summed E-state index contributed by atoms with van der Waals surface area (Å²) in [5, 5.41) is 18.6. The molecule has 68 heavy (non-hydrogen) atoms. The molecule has 1 saturated carbocycles. The van der Waals surface area contributed by atoms with Crippen molar-refractivity contribution in [3.63, 3.8) is 0 Å². The summed E-state index contributed by atoms with van der Waals surface area (Å²) in [4.78, 5) is 63.3. The number of phenolic OH excluding ortho intramolecular Hbond substituents is 1. The fraction of sp³-hybridized carbons (Fsp3) is 0.462. The van der Waals surface area contributed by atoms with Crippen molar-refractivity contribution in [2.75, 3.05) is 81.9 Å². The number of amides is 3. The van der Waals surface area contributed by atoms with Crippen molar-refractivity contribution in [1.29, 1.82) is 0 Å². The number of fused-ring (bicyclic) bond motifs is 5. The van der Waals surface area contributed by atoms with E-state index in [-0.39, 0.29) is 46.6 Å². The molecular formula is C52H55FN10O5. The summed E-state index contributed by atoms with van der Waals surface area (Å²) < 4.78 is 23.7. The fourth-order valence-electron chi connectivity index (χ4n) is 11.9. The van der Waals surface area contributed by atoms with Gasteiger partial charge in [0.25, 0.3) is 5.91 Å². The Labute approximate surface area is 394 Å². The van der Waals surface area contributed by atoms with Crippen LogP contribution in [0.15, 0.2) is 54.7 Å². The van der Waals surface area contributed by atoms with Crippen molar-refractivity contribution in [2.24, 2.45) is 11.3 Å². The third-order valence-electron chi connectivity index (χ3n) is 15.7. The number of phenols is 1. The van der Waals surface area contributed by atoms with Crippen LogP contribution in [0.5, 0.6) is 11.8 Å². The zero-order valence-electron chi connectivity index (χ0n) is 38.1. The molecule has 7 aliphatic rings. The number of likely N-dealkylation sites (tertiary alicyclic amines) is 1. The lowest BCUT2D eigenvalue weighted by Crippen LogP contribution is -2.52. The van der Waals surface area contributed by atoms with Crippen molar-refractivity contribution >= 4 is 50.9 Å². The van der Waals surface area contributed by atoms with Gasteiger partial charge in [0.15, 0.2) is 5.82 Å². The van der Waals surface area contributed by atoms with Crippen molar-refractivity contribution in [1.82, 2.24) is 40.3 Å². The summed E-state index contributed by atoms with van der Waals surface area (Å²) in [5.41, 5.74) is 3.82. The van der Waals surface area contributed by atoms with Gasteiger partial charge in [0, 0.05) is 123 Å². The SMILES string of the molecule is C#Cc1cccc2cc(O)cc(-c3ncc4c(N5CC6CCC(C5)N6)nc(OCC5(CN6CC[C@H](CN7CCN(c8ccc9c(c8)CN([C@H]8CCC(=O)NC8=O)C9=O)CC7)C6)CC5)nc4c3F)c12. The lowest BCUT2D eigenvalue weighted by atomic mass is 9.96. The maximum Gasteiger partial charge on any atom is 0.319 e. The summed E-state index contributed by atoms with van der Waals surface area (Å²) in [5.74, 6) is 2.48. The second kappa shape index (κ2) is 17.0. The minimum absolute atomic E-state index is 0.0129. The minimum Gasteiger partial charge on any atom is -0.508 e. The van der Waals surface area contributed by atoms with Crippen LogP contribution in [0.4, 0.5) is 15.9 Å². The highest BCUT2D eigenvalue weighted by Gasteiger charge is 2.46. The van der Waals surface area contributed by atoms with Crippen LogP contribution in [0.3, 0.4) is 0 Å². The Morgan fingerprint density at radius 2 is 1.72 bits per heavy atom. The molecule has 2 aromatic heterocycles. The first-order chi connectivity index (χ1) is 33.1. The molecule has 0 radical (unpaired) electrons. The molecule has 4 atom stereocenters. The number of carbonyl (C=O) groups is 3. The van der Waals surface area contributed by atoms with E-state index < -0.39 is 17.8 Å². The number of halogens is 1. The number of imide groups is 1. The predicted molar refractivity (Wildman–Crippen MR) is 255 cm³/mol. The van der Waals surface area contributed by atoms with E-state index in [4.69, 9.17) is 21.1 Å². The van der Waals surface area contributed by atoms with Gasteiger partial charge in [-0.25, -0.2) is 4.39 Å². The Balaban J connectivity index is 0.696. The van der Waals surface area contributed by atoms with Crippen LogP contribution < -0.4 is 25.2 Å². The number of nitrogens with zero attached hydrogens (tertiary/aromatic N) is 8. The average molecular weight is 919 g/mol. The second-order valence-corrected chi connectivity index (χ2v) is 20.3.